The number of amides is 1. The van der Waals surface area contributed by atoms with Crippen molar-refractivity contribution in [3.8, 4) is 5.75 Å². The van der Waals surface area contributed by atoms with Gasteiger partial charge in [0.15, 0.2) is 0 Å². The number of aromatic nitrogens is 2. The van der Waals surface area contributed by atoms with Crippen LogP contribution in [0.3, 0.4) is 0 Å². The minimum Gasteiger partial charge on any atom is -0.494 e. The molecule has 2 rings (SSSR count). The minimum atomic E-state index is -0.228. The molecule has 2 aromatic rings. The summed E-state index contributed by atoms with van der Waals surface area (Å²) in [7, 11) is 1.77. The number of carbonyl (C=O) groups excluding carboxylic acids is 1. The number of hydrogen-bond acceptors (Lipinski definition) is 4. The van der Waals surface area contributed by atoms with E-state index in [0.717, 1.165) is 0 Å². The van der Waals surface area contributed by atoms with E-state index in [1.165, 1.54) is 0 Å². The lowest BCUT2D eigenvalue weighted by atomic mass is 10.1. The van der Waals surface area contributed by atoms with Crippen molar-refractivity contribution in [1.29, 1.82) is 0 Å². The molecule has 0 atom stereocenters. The molecule has 0 spiro atoms. The maximum Gasteiger partial charge on any atom is 0.259 e. The van der Waals surface area contributed by atoms with Crippen LogP contribution >= 0.6 is 0 Å². The molecule has 2 N–H and O–H groups in total. The molecular formula is C15H19N3O3. The quantitative estimate of drug-likeness (QED) is 0.881. The zero-order valence-corrected chi connectivity index (χ0v) is 12.4. The van der Waals surface area contributed by atoms with E-state index in [-0.39, 0.29) is 12.5 Å². The number of rotatable bonds is 5. The molecule has 0 aliphatic rings. The molecule has 0 unspecified atom stereocenters. The van der Waals surface area contributed by atoms with Gasteiger partial charge in [-0.25, -0.2) is 0 Å². The fraction of sp³-hybridized carbons (Fsp3) is 0.333. The van der Waals surface area contributed by atoms with E-state index < -0.39 is 0 Å². The molecule has 21 heavy (non-hydrogen) atoms. The lowest BCUT2D eigenvalue weighted by molar-refractivity contribution is 0.102. The number of hydrogen-bond donors (Lipinski definition) is 2. The van der Waals surface area contributed by atoms with Crippen LogP contribution in [0.15, 0.2) is 24.4 Å². The van der Waals surface area contributed by atoms with E-state index in [2.05, 4.69) is 10.4 Å². The fourth-order valence-electron chi connectivity index (χ4n) is 2.10. The first-order valence-corrected chi connectivity index (χ1v) is 6.73. The van der Waals surface area contributed by atoms with Crippen LogP contribution in [0.4, 0.5) is 5.69 Å². The van der Waals surface area contributed by atoms with Gasteiger partial charge in [-0.05, 0) is 32.0 Å². The Labute approximate surface area is 123 Å². The van der Waals surface area contributed by atoms with Crippen molar-refractivity contribution in [3.05, 3.63) is 41.2 Å². The Morgan fingerprint density at radius 3 is 2.81 bits per heavy atom. The van der Waals surface area contributed by atoms with Crippen molar-refractivity contribution in [3.63, 3.8) is 0 Å². The van der Waals surface area contributed by atoms with Crippen LogP contribution in [0.1, 0.15) is 28.5 Å². The summed E-state index contributed by atoms with van der Waals surface area (Å²) in [6.45, 7) is 4.03. The first-order valence-electron chi connectivity index (χ1n) is 6.73. The monoisotopic (exact) mass is 289 g/mol. The van der Waals surface area contributed by atoms with E-state index in [9.17, 15) is 9.90 Å². The normalized spacial score (nSPS) is 10.5. The Balaban J connectivity index is 2.19. The van der Waals surface area contributed by atoms with Gasteiger partial charge in [0.05, 0.1) is 24.5 Å². The van der Waals surface area contributed by atoms with Crippen LogP contribution in [-0.4, -0.2) is 27.4 Å². The van der Waals surface area contributed by atoms with Gasteiger partial charge in [-0.2, -0.15) is 5.10 Å². The molecule has 6 heteroatoms. The molecule has 0 aliphatic heterocycles. The van der Waals surface area contributed by atoms with Crippen LogP contribution < -0.4 is 10.1 Å². The van der Waals surface area contributed by atoms with Gasteiger partial charge in [0.1, 0.15) is 5.75 Å². The van der Waals surface area contributed by atoms with Crippen LogP contribution in [0.2, 0.25) is 0 Å². The van der Waals surface area contributed by atoms with Crippen LogP contribution in [-0.2, 0) is 13.7 Å². The highest BCUT2D eigenvalue weighted by atomic mass is 16.5. The zero-order chi connectivity index (χ0) is 15.4. The topological polar surface area (TPSA) is 76.4 Å². The average Bonchev–Trinajstić information content (AvgIpc) is 2.79. The second-order valence-electron chi connectivity index (χ2n) is 4.67. The summed E-state index contributed by atoms with van der Waals surface area (Å²) in [4.78, 5) is 12.2. The highest BCUT2D eigenvalue weighted by Crippen LogP contribution is 2.23. The second-order valence-corrected chi connectivity index (χ2v) is 4.67. The van der Waals surface area contributed by atoms with Crippen LogP contribution in [0.25, 0.3) is 0 Å². The second kappa shape index (κ2) is 6.41. The van der Waals surface area contributed by atoms with Gasteiger partial charge in [0.25, 0.3) is 5.91 Å². The first kappa shape index (κ1) is 15.1. The first-order chi connectivity index (χ1) is 10.0. The third-order valence-corrected chi connectivity index (χ3v) is 3.05. The molecule has 0 aliphatic carbocycles. The molecular weight excluding hydrogens is 270 g/mol. The van der Waals surface area contributed by atoms with Gasteiger partial charge in [0, 0.05) is 24.5 Å². The van der Waals surface area contributed by atoms with Gasteiger partial charge in [0.2, 0.25) is 0 Å². The number of aryl methyl sites for hydroxylation is 2. The van der Waals surface area contributed by atoms with Crippen molar-refractivity contribution >= 4 is 11.6 Å². The molecule has 1 amide bonds. The maximum absolute atomic E-state index is 12.2. The van der Waals surface area contributed by atoms with Crippen molar-refractivity contribution in [2.45, 2.75) is 20.5 Å². The van der Waals surface area contributed by atoms with Gasteiger partial charge < -0.3 is 15.2 Å². The SMILES string of the molecule is CCOc1ccc(NC(=O)c2cn(C)nc2C)cc1CO. The van der Waals surface area contributed by atoms with Gasteiger partial charge in [-0.3, -0.25) is 9.48 Å². The summed E-state index contributed by atoms with van der Waals surface area (Å²) in [5.74, 6) is 0.393. The van der Waals surface area contributed by atoms with Gasteiger partial charge in [-0.1, -0.05) is 0 Å². The van der Waals surface area contributed by atoms with E-state index >= 15 is 0 Å². The Bertz CT molecular complexity index is 650. The number of nitrogens with one attached hydrogen (secondary N) is 1. The Morgan fingerprint density at radius 2 is 2.24 bits per heavy atom. The number of carbonyl (C=O) groups is 1. The summed E-state index contributed by atoms with van der Waals surface area (Å²) in [5.41, 5.74) is 2.44. The summed E-state index contributed by atoms with van der Waals surface area (Å²) in [6, 6.07) is 5.18. The maximum atomic E-state index is 12.2. The number of nitrogens with zero attached hydrogens (tertiary/aromatic N) is 2. The molecule has 112 valence electrons. The minimum absolute atomic E-state index is 0.148. The Kier molecular flexibility index (Phi) is 4.59. The van der Waals surface area contributed by atoms with E-state index in [1.54, 1.807) is 43.0 Å². The molecule has 0 radical (unpaired) electrons. The Morgan fingerprint density at radius 1 is 1.48 bits per heavy atom. The van der Waals surface area contributed by atoms with Gasteiger partial charge >= 0.3 is 0 Å². The summed E-state index contributed by atoms with van der Waals surface area (Å²) in [5, 5.41) is 16.3. The predicted octanol–water partition coefficient (Wildman–Crippen LogP) is 1.87. The Hall–Kier alpha value is -2.34. The van der Waals surface area contributed by atoms with E-state index in [0.29, 0.717) is 34.9 Å². The predicted molar refractivity (Wildman–Crippen MR) is 79.4 cm³/mol. The molecule has 0 saturated carbocycles. The molecule has 0 saturated heterocycles. The summed E-state index contributed by atoms with van der Waals surface area (Å²) in [6.07, 6.45) is 1.67. The number of anilines is 1. The highest BCUT2D eigenvalue weighted by molar-refractivity contribution is 6.04. The highest BCUT2D eigenvalue weighted by Gasteiger charge is 2.13. The van der Waals surface area contributed by atoms with Crippen molar-refractivity contribution in [2.24, 2.45) is 7.05 Å². The molecule has 6 nitrogen and oxygen atoms in total. The van der Waals surface area contributed by atoms with Crippen LogP contribution in [0.5, 0.6) is 5.75 Å². The molecule has 0 bridgehead atoms. The van der Waals surface area contributed by atoms with Crippen LogP contribution in [0, 0.1) is 6.92 Å². The number of ether oxygens (including phenoxy) is 1. The number of aliphatic hydroxyl groups excluding tert-OH is 1. The van der Waals surface area contributed by atoms with Crippen molar-refractivity contribution in [2.75, 3.05) is 11.9 Å². The molecule has 0 fully saturated rings. The van der Waals surface area contributed by atoms with E-state index in [4.69, 9.17) is 4.74 Å². The molecule has 1 aromatic carbocycles. The lowest BCUT2D eigenvalue weighted by Gasteiger charge is -2.11. The standard InChI is InChI=1S/C15H19N3O3/c1-4-21-14-6-5-12(7-11(14)9-19)16-15(20)13-8-18(3)17-10(13)2/h5-8,19H,4,9H2,1-3H3,(H,16,20). The zero-order valence-electron chi connectivity index (χ0n) is 12.4. The van der Waals surface area contributed by atoms with Crippen molar-refractivity contribution < 1.29 is 14.6 Å². The van der Waals surface area contributed by atoms with E-state index in [1.807, 2.05) is 6.92 Å². The third kappa shape index (κ3) is 3.41. The van der Waals surface area contributed by atoms with Crippen molar-refractivity contribution in [1.82, 2.24) is 9.78 Å². The third-order valence-electron chi connectivity index (χ3n) is 3.05. The number of benzene rings is 1. The lowest BCUT2D eigenvalue weighted by Crippen LogP contribution is -2.12. The smallest absolute Gasteiger partial charge is 0.259 e. The summed E-state index contributed by atoms with van der Waals surface area (Å²) >= 11 is 0. The fourth-order valence-corrected chi connectivity index (χ4v) is 2.10. The largest absolute Gasteiger partial charge is 0.494 e. The number of aliphatic hydroxyl groups is 1. The molecule has 1 heterocycles. The average molecular weight is 289 g/mol. The summed E-state index contributed by atoms with van der Waals surface area (Å²) < 4.78 is 7.01. The molecule has 1 aromatic heterocycles. The van der Waals surface area contributed by atoms with Gasteiger partial charge in [-0.15, -0.1) is 0 Å².